The van der Waals surface area contributed by atoms with E-state index in [1.807, 2.05) is 13.8 Å². The van der Waals surface area contributed by atoms with Gasteiger partial charge in [-0.25, -0.2) is 4.79 Å². The van der Waals surface area contributed by atoms with E-state index in [0.29, 0.717) is 6.42 Å². The van der Waals surface area contributed by atoms with Gasteiger partial charge in [0.25, 0.3) is 0 Å². The van der Waals surface area contributed by atoms with Crippen molar-refractivity contribution in [2.24, 2.45) is 11.8 Å². The van der Waals surface area contributed by atoms with Gasteiger partial charge in [0, 0.05) is 16.3 Å². The van der Waals surface area contributed by atoms with Crippen LogP contribution >= 0.6 is 0 Å². The van der Waals surface area contributed by atoms with Crippen molar-refractivity contribution in [3.05, 3.63) is 35.4 Å². The quantitative estimate of drug-likeness (QED) is 0.543. The highest BCUT2D eigenvalue weighted by Crippen LogP contribution is 2.53. The largest absolute Gasteiger partial charge is 0.507 e. The number of phenolic OH excluding ortho intramolecular Hbond substituents is 2. The molecular formula is C21H24O7. The number of fused-ring (bicyclic) bond motifs is 2. The summed E-state index contributed by atoms with van der Waals surface area (Å²) in [5, 5.41) is 53.7. The van der Waals surface area contributed by atoms with Crippen LogP contribution in [-0.2, 0) is 10.4 Å². The number of carbonyl (C=O) groups is 2. The lowest BCUT2D eigenvalue weighted by Gasteiger charge is -2.48. The fourth-order valence-electron chi connectivity index (χ4n) is 4.12. The number of hydrogen-bond acceptors (Lipinski definition) is 6. The molecule has 7 heteroatoms. The van der Waals surface area contributed by atoms with Crippen LogP contribution in [0.4, 0.5) is 0 Å². The predicted molar refractivity (Wildman–Crippen MR) is 101 cm³/mol. The van der Waals surface area contributed by atoms with Crippen molar-refractivity contribution < 1.29 is 35.1 Å². The maximum absolute atomic E-state index is 13.0. The van der Waals surface area contributed by atoms with Gasteiger partial charge in [-0.15, -0.1) is 0 Å². The molecule has 150 valence electrons. The molecule has 0 fully saturated rings. The zero-order chi connectivity index (χ0) is 21.0. The second-order valence-electron chi connectivity index (χ2n) is 7.97. The summed E-state index contributed by atoms with van der Waals surface area (Å²) in [6.45, 7) is 4.99. The molecule has 0 amide bonds. The fourth-order valence-corrected chi connectivity index (χ4v) is 4.12. The molecule has 2 aromatic rings. The van der Waals surface area contributed by atoms with Crippen LogP contribution in [0.25, 0.3) is 10.8 Å². The second-order valence-corrected chi connectivity index (χ2v) is 7.97. The molecule has 0 bridgehead atoms. The molecule has 3 atom stereocenters. The van der Waals surface area contributed by atoms with Gasteiger partial charge in [0.05, 0.1) is 11.5 Å². The molecule has 0 spiro atoms. The highest BCUT2D eigenvalue weighted by atomic mass is 16.4. The van der Waals surface area contributed by atoms with Crippen LogP contribution in [0.1, 0.15) is 49.5 Å². The van der Waals surface area contributed by atoms with E-state index < -0.39 is 34.6 Å². The van der Waals surface area contributed by atoms with E-state index in [1.165, 1.54) is 31.2 Å². The number of rotatable bonds is 4. The number of aliphatic carboxylic acids is 1. The third-order valence-electron chi connectivity index (χ3n) is 5.89. The Morgan fingerprint density at radius 2 is 1.82 bits per heavy atom. The van der Waals surface area contributed by atoms with Crippen molar-refractivity contribution in [3.63, 3.8) is 0 Å². The smallest absolute Gasteiger partial charge is 0.339 e. The Hall–Kier alpha value is -2.64. The van der Waals surface area contributed by atoms with Crippen LogP contribution in [0.3, 0.4) is 0 Å². The van der Waals surface area contributed by atoms with Crippen LogP contribution in [0, 0.1) is 11.8 Å². The minimum atomic E-state index is -2.78. The molecule has 3 rings (SSSR count). The first kappa shape index (κ1) is 20.1. The number of Topliss-reactive ketones (excluding diaryl/α,β-unsaturated/α-hetero) is 1. The van der Waals surface area contributed by atoms with Crippen molar-refractivity contribution in [2.75, 3.05) is 0 Å². The summed E-state index contributed by atoms with van der Waals surface area (Å²) in [7, 11) is 0. The highest BCUT2D eigenvalue weighted by Gasteiger charge is 2.65. The lowest BCUT2D eigenvalue weighted by molar-refractivity contribution is -0.210. The van der Waals surface area contributed by atoms with Crippen molar-refractivity contribution >= 4 is 22.5 Å². The number of aliphatic hydroxyl groups is 2. The summed E-state index contributed by atoms with van der Waals surface area (Å²) in [6.07, 6.45) is 0.225. The monoisotopic (exact) mass is 388 g/mol. The third kappa shape index (κ3) is 2.50. The maximum Gasteiger partial charge on any atom is 0.339 e. The average Bonchev–Trinajstić information content (AvgIpc) is 2.63. The maximum atomic E-state index is 13.0. The Labute approximate surface area is 161 Å². The standard InChI is InChI=1S/C21H24O7/c1-10(2)7-8-20(27)14-9-13-12(5-4-6-15(13)22)18(24)16(14)17(23)11(3)21(20,28)19(25)26/h4-6,9-11,22,24,27-28H,7-8H2,1-3H3,(H,25,26). The van der Waals surface area contributed by atoms with Gasteiger partial charge >= 0.3 is 5.97 Å². The minimum absolute atomic E-state index is 0.0842. The molecule has 7 nitrogen and oxygen atoms in total. The van der Waals surface area contributed by atoms with Gasteiger partial charge in [-0.05, 0) is 30.9 Å². The number of phenols is 2. The van der Waals surface area contributed by atoms with Crippen molar-refractivity contribution in [1.29, 1.82) is 0 Å². The van der Waals surface area contributed by atoms with Gasteiger partial charge in [-0.2, -0.15) is 0 Å². The van der Waals surface area contributed by atoms with Gasteiger partial charge < -0.3 is 25.5 Å². The Bertz CT molecular complexity index is 980. The molecule has 0 aliphatic heterocycles. The molecule has 1 aliphatic rings. The molecule has 3 unspecified atom stereocenters. The normalized spacial score (nSPS) is 27.2. The first-order valence-electron chi connectivity index (χ1n) is 9.17. The summed E-state index contributed by atoms with van der Waals surface area (Å²) in [5.74, 6) is -4.56. The topological polar surface area (TPSA) is 135 Å². The SMILES string of the molecule is CC(C)CCC1(O)c2cc3c(O)cccc3c(O)c2C(=O)C(C)C1(O)C(=O)O. The number of benzene rings is 2. The van der Waals surface area contributed by atoms with Gasteiger partial charge in [0.1, 0.15) is 17.1 Å². The molecular weight excluding hydrogens is 364 g/mol. The third-order valence-corrected chi connectivity index (χ3v) is 5.89. The Morgan fingerprint density at radius 1 is 1.18 bits per heavy atom. The molecule has 2 aromatic carbocycles. The Balaban J connectivity index is 2.44. The summed E-state index contributed by atoms with van der Waals surface area (Å²) in [6, 6.07) is 5.67. The number of carbonyl (C=O) groups excluding carboxylic acids is 1. The zero-order valence-electron chi connectivity index (χ0n) is 15.9. The van der Waals surface area contributed by atoms with E-state index >= 15 is 0 Å². The molecule has 0 aromatic heterocycles. The molecule has 0 saturated heterocycles. The lowest BCUT2D eigenvalue weighted by atomic mass is 9.60. The predicted octanol–water partition coefficient (Wildman–Crippen LogP) is 2.52. The number of hydrogen-bond donors (Lipinski definition) is 5. The van der Waals surface area contributed by atoms with Crippen molar-refractivity contribution in [3.8, 4) is 11.5 Å². The summed E-state index contributed by atoms with van der Waals surface area (Å²) in [5.41, 5.74) is -5.52. The average molecular weight is 388 g/mol. The fraction of sp³-hybridized carbons (Fsp3) is 0.429. The lowest BCUT2D eigenvalue weighted by Crippen LogP contribution is -2.65. The van der Waals surface area contributed by atoms with Gasteiger partial charge in [-0.1, -0.05) is 32.9 Å². The van der Waals surface area contributed by atoms with E-state index in [4.69, 9.17) is 0 Å². The van der Waals surface area contributed by atoms with Crippen LogP contribution in [0.15, 0.2) is 24.3 Å². The van der Waals surface area contributed by atoms with Gasteiger partial charge in [-0.3, -0.25) is 4.79 Å². The molecule has 28 heavy (non-hydrogen) atoms. The van der Waals surface area contributed by atoms with Crippen LogP contribution in [0.2, 0.25) is 0 Å². The van der Waals surface area contributed by atoms with Crippen LogP contribution in [-0.4, -0.2) is 42.9 Å². The number of carboxylic acids is 1. The molecule has 1 aliphatic carbocycles. The molecule has 0 heterocycles. The van der Waals surface area contributed by atoms with E-state index in [2.05, 4.69) is 0 Å². The van der Waals surface area contributed by atoms with E-state index in [-0.39, 0.29) is 40.0 Å². The first-order valence-corrected chi connectivity index (χ1v) is 9.17. The minimum Gasteiger partial charge on any atom is -0.507 e. The van der Waals surface area contributed by atoms with Crippen molar-refractivity contribution in [1.82, 2.24) is 0 Å². The van der Waals surface area contributed by atoms with Gasteiger partial charge in [0.15, 0.2) is 5.78 Å². The summed E-state index contributed by atoms with van der Waals surface area (Å²) in [4.78, 5) is 25.0. The molecule has 5 N–H and O–H groups in total. The Kier molecular flexibility index (Phi) is 4.64. The Morgan fingerprint density at radius 3 is 2.39 bits per heavy atom. The van der Waals surface area contributed by atoms with Gasteiger partial charge in [0.2, 0.25) is 5.60 Å². The van der Waals surface area contributed by atoms with E-state index in [1.54, 1.807) is 0 Å². The molecule has 0 saturated carbocycles. The zero-order valence-corrected chi connectivity index (χ0v) is 15.9. The first-order chi connectivity index (χ1) is 13.0. The van der Waals surface area contributed by atoms with Crippen molar-refractivity contribution in [2.45, 2.75) is 44.8 Å². The summed E-state index contributed by atoms with van der Waals surface area (Å²) < 4.78 is 0. The molecule has 0 radical (unpaired) electrons. The highest BCUT2D eigenvalue weighted by molar-refractivity contribution is 6.12. The second kappa shape index (κ2) is 6.46. The number of aromatic hydroxyl groups is 2. The van der Waals surface area contributed by atoms with Crippen LogP contribution < -0.4 is 0 Å². The van der Waals surface area contributed by atoms with E-state index in [9.17, 15) is 35.1 Å². The van der Waals surface area contributed by atoms with Crippen LogP contribution in [0.5, 0.6) is 11.5 Å². The number of carboxylic acid groups (broad SMARTS) is 1. The van der Waals surface area contributed by atoms with E-state index in [0.717, 1.165) is 0 Å². The number of ketones is 1. The summed E-state index contributed by atoms with van der Waals surface area (Å²) >= 11 is 0.